The van der Waals surface area contributed by atoms with Gasteiger partial charge in [0, 0.05) is 26.2 Å². The molecular formula is C14H24N2O4S. The second kappa shape index (κ2) is 6.91. The first kappa shape index (κ1) is 16.5. The Morgan fingerprint density at radius 1 is 1.48 bits per heavy atom. The molecule has 120 valence electrons. The molecule has 21 heavy (non-hydrogen) atoms. The Morgan fingerprint density at radius 2 is 2.24 bits per heavy atom. The third-order valence-electron chi connectivity index (χ3n) is 3.59. The number of rotatable bonds is 6. The van der Waals surface area contributed by atoms with E-state index in [1.54, 1.807) is 13.2 Å². The zero-order valence-corrected chi connectivity index (χ0v) is 13.6. The predicted molar refractivity (Wildman–Crippen MR) is 79.5 cm³/mol. The first-order valence-corrected chi connectivity index (χ1v) is 8.72. The van der Waals surface area contributed by atoms with E-state index in [4.69, 9.17) is 9.15 Å². The fourth-order valence-corrected chi connectivity index (χ4v) is 3.78. The molecule has 1 aromatic heterocycles. The third kappa shape index (κ3) is 4.06. The minimum atomic E-state index is -3.56. The van der Waals surface area contributed by atoms with Crippen molar-refractivity contribution in [1.29, 1.82) is 0 Å². The van der Waals surface area contributed by atoms with E-state index in [1.807, 2.05) is 13.8 Å². The van der Waals surface area contributed by atoms with Crippen LogP contribution in [0.3, 0.4) is 0 Å². The topological polar surface area (TPSA) is 71.8 Å². The highest BCUT2D eigenvalue weighted by atomic mass is 32.2. The van der Waals surface area contributed by atoms with Crippen LogP contribution in [0, 0.1) is 0 Å². The Bertz CT molecular complexity index is 553. The number of sulfonamides is 1. The average Bonchev–Trinajstić information content (AvgIpc) is 2.95. The molecule has 0 aromatic carbocycles. The quantitative estimate of drug-likeness (QED) is 0.862. The molecule has 0 saturated carbocycles. The predicted octanol–water partition coefficient (Wildman–Crippen LogP) is 1.58. The summed E-state index contributed by atoms with van der Waals surface area (Å²) in [5.41, 5.74) is 0. The molecule has 2 heterocycles. The number of nitrogens with zero attached hydrogens (tertiary/aromatic N) is 1. The Morgan fingerprint density at radius 3 is 2.90 bits per heavy atom. The summed E-state index contributed by atoms with van der Waals surface area (Å²) in [4.78, 5) is 0. The van der Waals surface area contributed by atoms with Gasteiger partial charge in [-0.15, -0.1) is 0 Å². The van der Waals surface area contributed by atoms with E-state index in [1.165, 1.54) is 10.4 Å². The number of nitrogens with one attached hydrogen (secondary N) is 1. The SMILES string of the molecule is COC1CCCN(S(=O)(=O)c2ccc(CNC(C)C)o2)C1. The average molecular weight is 316 g/mol. The van der Waals surface area contributed by atoms with Crippen molar-refractivity contribution in [2.45, 2.75) is 50.5 Å². The Kier molecular flexibility index (Phi) is 5.43. The van der Waals surface area contributed by atoms with Gasteiger partial charge < -0.3 is 14.5 Å². The van der Waals surface area contributed by atoms with Crippen molar-refractivity contribution in [2.24, 2.45) is 0 Å². The molecule has 1 unspecified atom stereocenters. The smallest absolute Gasteiger partial charge is 0.276 e. The van der Waals surface area contributed by atoms with Gasteiger partial charge in [0.05, 0.1) is 12.6 Å². The van der Waals surface area contributed by atoms with E-state index in [9.17, 15) is 8.42 Å². The molecule has 0 bridgehead atoms. The van der Waals surface area contributed by atoms with Crippen molar-refractivity contribution in [3.8, 4) is 0 Å². The van der Waals surface area contributed by atoms with E-state index in [-0.39, 0.29) is 11.2 Å². The standard InChI is InChI=1S/C14H24N2O4S/c1-11(2)15-9-12-6-7-14(20-12)21(17,18)16-8-4-5-13(10-16)19-3/h6-7,11,13,15H,4-5,8-10H2,1-3H3. The van der Waals surface area contributed by atoms with Crippen molar-refractivity contribution in [3.05, 3.63) is 17.9 Å². The van der Waals surface area contributed by atoms with Gasteiger partial charge in [-0.2, -0.15) is 4.31 Å². The van der Waals surface area contributed by atoms with Gasteiger partial charge in [-0.05, 0) is 25.0 Å². The molecule has 0 spiro atoms. The van der Waals surface area contributed by atoms with Crippen LogP contribution in [0.2, 0.25) is 0 Å². The number of hydrogen-bond donors (Lipinski definition) is 1. The molecule has 1 aliphatic rings. The summed E-state index contributed by atoms with van der Waals surface area (Å²) < 4.78 is 37.3. The summed E-state index contributed by atoms with van der Waals surface area (Å²) in [5.74, 6) is 0.627. The maximum Gasteiger partial charge on any atom is 0.276 e. The van der Waals surface area contributed by atoms with Gasteiger partial charge in [0.1, 0.15) is 5.76 Å². The number of ether oxygens (including phenoxy) is 1. The number of furan rings is 1. The summed E-state index contributed by atoms with van der Waals surface area (Å²) in [6.45, 7) is 5.48. The Balaban J connectivity index is 2.08. The molecule has 0 radical (unpaired) electrons. The molecule has 2 rings (SSSR count). The van der Waals surface area contributed by atoms with Gasteiger partial charge in [-0.3, -0.25) is 0 Å². The van der Waals surface area contributed by atoms with Crippen LogP contribution in [0.5, 0.6) is 0 Å². The minimum absolute atomic E-state index is 0.0137. The van der Waals surface area contributed by atoms with Crippen LogP contribution in [0.25, 0.3) is 0 Å². The van der Waals surface area contributed by atoms with Crippen molar-refractivity contribution in [1.82, 2.24) is 9.62 Å². The molecule has 7 heteroatoms. The van der Waals surface area contributed by atoms with Gasteiger partial charge in [0.15, 0.2) is 0 Å². The number of methoxy groups -OCH3 is 1. The zero-order valence-electron chi connectivity index (χ0n) is 12.8. The fraction of sp³-hybridized carbons (Fsp3) is 0.714. The Labute approximate surface area is 126 Å². The normalized spacial score (nSPS) is 21.0. The highest BCUT2D eigenvalue weighted by Crippen LogP contribution is 2.23. The van der Waals surface area contributed by atoms with Gasteiger partial charge in [0.25, 0.3) is 10.0 Å². The van der Waals surface area contributed by atoms with Crippen LogP contribution < -0.4 is 5.32 Å². The lowest BCUT2D eigenvalue weighted by Crippen LogP contribution is -2.42. The molecular weight excluding hydrogens is 292 g/mol. The minimum Gasteiger partial charge on any atom is -0.447 e. The Hall–Kier alpha value is -0.890. The largest absolute Gasteiger partial charge is 0.447 e. The molecule has 0 aliphatic carbocycles. The van der Waals surface area contributed by atoms with E-state index in [0.29, 0.717) is 31.4 Å². The second-order valence-corrected chi connectivity index (χ2v) is 7.49. The maximum absolute atomic E-state index is 12.6. The fourth-order valence-electron chi connectivity index (χ4n) is 2.34. The summed E-state index contributed by atoms with van der Waals surface area (Å²) in [5, 5.41) is 3.21. The van der Waals surface area contributed by atoms with E-state index in [0.717, 1.165) is 12.8 Å². The van der Waals surface area contributed by atoms with Crippen molar-refractivity contribution in [2.75, 3.05) is 20.2 Å². The zero-order chi connectivity index (χ0) is 15.5. The molecule has 0 amide bonds. The van der Waals surface area contributed by atoms with Gasteiger partial charge >= 0.3 is 0 Å². The van der Waals surface area contributed by atoms with Gasteiger partial charge in [-0.25, -0.2) is 8.42 Å². The first-order valence-electron chi connectivity index (χ1n) is 7.28. The lowest BCUT2D eigenvalue weighted by molar-refractivity contribution is 0.0567. The van der Waals surface area contributed by atoms with E-state index in [2.05, 4.69) is 5.32 Å². The summed E-state index contributed by atoms with van der Waals surface area (Å²) in [7, 11) is -1.95. The molecule has 1 aromatic rings. The first-order chi connectivity index (χ1) is 9.93. The van der Waals surface area contributed by atoms with Crippen LogP contribution in [-0.2, 0) is 21.3 Å². The summed E-state index contributed by atoms with van der Waals surface area (Å²) in [6, 6.07) is 3.56. The van der Waals surface area contributed by atoms with Gasteiger partial charge in [-0.1, -0.05) is 13.8 Å². The van der Waals surface area contributed by atoms with Crippen LogP contribution in [0.4, 0.5) is 0 Å². The van der Waals surface area contributed by atoms with E-state index < -0.39 is 10.0 Å². The maximum atomic E-state index is 12.6. The third-order valence-corrected chi connectivity index (χ3v) is 5.33. The van der Waals surface area contributed by atoms with Crippen LogP contribution in [0.15, 0.2) is 21.6 Å². The van der Waals surface area contributed by atoms with Crippen LogP contribution in [-0.4, -0.2) is 45.1 Å². The molecule has 1 N–H and O–H groups in total. The molecule has 1 aliphatic heterocycles. The molecule has 6 nitrogen and oxygen atoms in total. The second-order valence-electron chi connectivity index (χ2n) is 5.62. The van der Waals surface area contributed by atoms with Crippen molar-refractivity contribution < 1.29 is 17.6 Å². The lowest BCUT2D eigenvalue weighted by atomic mass is 10.1. The molecule has 1 fully saturated rings. The van der Waals surface area contributed by atoms with Crippen molar-refractivity contribution >= 4 is 10.0 Å². The molecule has 1 atom stereocenters. The number of hydrogen-bond acceptors (Lipinski definition) is 5. The lowest BCUT2D eigenvalue weighted by Gasteiger charge is -2.30. The van der Waals surface area contributed by atoms with Crippen LogP contribution in [0.1, 0.15) is 32.4 Å². The summed E-state index contributed by atoms with van der Waals surface area (Å²) >= 11 is 0. The van der Waals surface area contributed by atoms with E-state index >= 15 is 0 Å². The van der Waals surface area contributed by atoms with Gasteiger partial charge in [0.2, 0.25) is 5.09 Å². The number of piperidine rings is 1. The highest BCUT2D eigenvalue weighted by molar-refractivity contribution is 7.89. The summed E-state index contributed by atoms with van der Waals surface area (Å²) in [6.07, 6.45) is 1.66. The molecule has 1 saturated heterocycles. The highest BCUT2D eigenvalue weighted by Gasteiger charge is 2.32. The van der Waals surface area contributed by atoms with Crippen LogP contribution >= 0.6 is 0 Å². The monoisotopic (exact) mass is 316 g/mol. The van der Waals surface area contributed by atoms with Crippen molar-refractivity contribution in [3.63, 3.8) is 0 Å².